The first-order valence-electron chi connectivity index (χ1n) is 8.25. The molecule has 2 amide bonds. The zero-order chi connectivity index (χ0) is 15.8. The number of piperidine rings is 1. The Morgan fingerprint density at radius 1 is 1.38 bits per heavy atom. The molecule has 1 rings (SSSR count). The SMILES string of the molecule is CC(C)CC(CCO)CNC(=O)N1CCCC(C(C)O)C1. The lowest BCUT2D eigenvalue weighted by atomic mass is 9.93. The maximum absolute atomic E-state index is 12.2. The number of carbonyl (C=O) groups excluding carboxylic acids is 1. The Morgan fingerprint density at radius 2 is 2.10 bits per heavy atom. The molecule has 0 bridgehead atoms. The molecule has 3 unspecified atom stereocenters. The van der Waals surface area contributed by atoms with E-state index >= 15 is 0 Å². The number of hydrogen-bond acceptors (Lipinski definition) is 3. The van der Waals surface area contributed by atoms with Gasteiger partial charge in [0, 0.05) is 32.2 Å². The predicted octanol–water partition coefficient (Wildman–Crippen LogP) is 1.83. The van der Waals surface area contributed by atoms with E-state index in [0.29, 0.717) is 24.9 Å². The minimum absolute atomic E-state index is 0.0351. The van der Waals surface area contributed by atoms with Gasteiger partial charge < -0.3 is 20.4 Å². The van der Waals surface area contributed by atoms with Crippen molar-refractivity contribution < 1.29 is 15.0 Å². The van der Waals surface area contributed by atoms with Crippen LogP contribution in [0.5, 0.6) is 0 Å². The number of amides is 2. The molecule has 1 aliphatic rings. The highest BCUT2D eigenvalue weighted by atomic mass is 16.3. The number of nitrogens with one attached hydrogen (secondary N) is 1. The van der Waals surface area contributed by atoms with Gasteiger partial charge in [-0.15, -0.1) is 0 Å². The molecule has 1 aliphatic heterocycles. The van der Waals surface area contributed by atoms with Crippen LogP contribution < -0.4 is 5.32 Å². The lowest BCUT2D eigenvalue weighted by Crippen LogP contribution is -2.48. The maximum Gasteiger partial charge on any atom is 0.317 e. The highest BCUT2D eigenvalue weighted by Gasteiger charge is 2.26. The molecule has 0 aliphatic carbocycles. The molecule has 1 saturated heterocycles. The molecule has 0 aromatic heterocycles. The van der Waals surface area contributed by atoms with E-state index in [9.17, 15) is 9.90 Å². The zero-order valence-electron chi connectivity index (χ0n) is 13.7. The van der Waals surface area contributed by atoms with Gasteiger partial charge in [-0.25, -0.2) is 4.79 Å². The Balaban J connectivity index is 2.40. The van der Waals surface area contributed by atoms with Crippen LogP contribution in [0.15, 0.2) is 0 Å². The van der Waals surface area contributed by atoms with Gasteiger partial charge in [-0.05, 0) is 44.4 Å². The summed E-state index contributed by atoms with van der Waals surface area (Å²) < 4.78 is 0. The third-order valence-electron chi connectivity index (χ3n) is 4.31. The van der Waals surface area contributed by atoms with Crippen LogP contribution in [0.2, 0.25) is 0 Å². The number of nitrogens with zero attached hydrogens (tertiary/aromatic N) is 1. The van der Waals surface area contributed by atoms with Gasteiger partial charge in [-0.3, -0.25) is 0 Å². The number of aliphatic hydroxyl groups excluding tert-OH is 2. The van der Waals surface area contributed by atoms with Crippen LogP contribution in [0.4, 0.5) is 4.79 Å². The van der Waals surface area contributed by atoms with Gasteiger partial charge in [0.1, 0.15) is 0 Å². The molecular weight excluding hydrogens is 268 g/mol. The van der Waals surface area contributed by atoms with E-state index in [4.69, 9.17) is 5.11 Å². The largest absolute Gasteiger partial charge is 0.396 e. The van der Waals surface area contributed by atoms with Crippen molar-refractivity contribution in [2.45, 2.75) is 52.6 Å². The molecule has 5 nitrogen and oxygen atoms in total. The fourth-order valence-electron chi connectivity index (χ4n) is 3.08. The molecule has 1 fully saturated rings. The fourth-order valence-corrected chi connectivity index (χ4v) is 3.08. The normalized spacial score (nSPS) is 22.2. The summed E-state index contributed by atoms with van der Waals surface area (Å²) in [4.78, 5) is 14.0. The van der Waals surface area contributed by atoms with E-state index in [-0.39, 0.29) is 24.7 Å². The van der Waals surface area contributed by atoms with E-state index in [0.717, 1.165) is 32.2 Å². The third-order valence-corrected chi connectivity index (χ3v) is 4.31. The number of likely N-dealkylation sites (tertiary alicyclic amines) is 1. The molecule has 0 spiro atoms. The summed E-state index contributed by atoms with van der Waals surface area (Å²) in [5.74, 6) is 1.08. The molecule has 3 N–H and O–H groups in total. The van der Waals surface area contributed by atoms with E-state index in [1.807, 2.05) is 4.90 Å². The van der Waals surface area contributed by atoms with Crippen molar-refractivity contribution in [1.82, 2.24) is 10.2 Å². The van der Waals surface area contributed by atoms with Gasteiger partial charge >= 0.3 is 6.03 Å². The summed E-state index contributed by atoms with van der Waals surface area (Å²) in [6.07, 6.45) is 3.33. The van der Waals surface area contributed by atoms with Crippen molar-refractivity contribution in [1.29, 1.82) is 0 Å². The minimum Gasteiger partial charge on any atom is -0.396 e. The topological polar surface area (TPSA) is 72.8 Å². The first-order chi connectivity index (χ1) is 9.93. The van der Waals surface area contributed by atoms with Crippen LogP contribution in [-0.2, 0) is 0 Å². The van der Waals surface area contributed by atoms with Gasteiger partial charge in [0.15, 0.2) is 0 Å². The number of rotatable bonds is 7. The molecule has 0 aromatic rings. The lowest BCUT2D eigenvalue weighted by molar-refractivity contribution is 0.0735. The van der Waals surface area contributed by atoms with E-state index in [2.05, 4.69) is 19.2 Å². The standard InChI is InChI=1S/C16H32N2O3/c1-12(2)9-14(6-8-19)10-17-16(21)18-7-4-5-15(11-18)13(3)20/h12-15,19-20H,4-11H2,1-3H3,(H,17,21). The lowest BCUT2D eigenvalue weighted by Gasteiger charge is -2.34. The molecular formula is C16H32N2O3. The zero-order valence-corrected chi connectivity index (χ0v) is 13.7. The second kappa shape index (κ2) is 9.26. The Hall–Kier alpha value is -0.810. The van der Waals surface area contributed by atoms with Crippen LogP contribution in [0.1, 0.15) is 46.5 Å². The van der Waals surface area contributed by atoms with Crippen LogP contribution in [0, 0.1) is 17.8 Å². The minimum atomic E-state index is -0.358. The number of aliphatic hydroxyl groups is 2. The van der Waals surface area contributed by atoms with E-state index < -0.39 is 0 Å². The fraction of sp³-hybridized carbons (Fsp3) is 0.938. The molecule has 124 valence electrons. The van der Waals surface area contributed by atoms with E-state index in [1.54, 1.807) is 6.92 Å². The average molecular weight is 300 g/mol. The van der Waals surface area contributed by atoms with Crippen molar-refractivity contribution in [2.75, 3.05) is 26.2 Å². The number of carbonyl (C=O) groups is 1. The van der Waals surface area contributed by atoms with Gasteiger partial charge in [-0.1, -0.05) is 13.8 Å². The van der Waals surface area contributed by atoms with Crippen LogP contribution in [0.25, 0.3) is 0 Å². The Labute approximate surface area is 128 Å². The summed E-state index contributed by atoms with van der Waals surface area (Å²) >= 11 is 0. The van der Waals surface area contributed by atoms with Gasteiger partial charge in [0.25, 0.3) is 0 Å². The average Bonchev–Trinajstić information content (AvgIpc) is 2.44. The molecule has 5 heteroatoms. The highest BCUT2D eigenvalue weighted by Crippen LogP contribution is 2.20. The van der Waals surface area contributed by atoms with Gasteiger partial charge in [-0.2, -0.15) is 0 Å². The first kappa shape index (κ1) is 18.2. The summed E-state index contributed by atoms with van der Waals surface area (Å²) in [6, 6.07) is -0.0351. The monoisotopic (exact) mass is 300 g/mol. The smallest absolute Gasteiger partial charge is 0.317 e. The number of urea groups is 1. The van der Waals surface area contributed by atoms with E-state index in [1.165, 1.54) is 0 Å². The second-order valence-electron chi connectivity index (χ2n) is 6.78. The van der Waals surface area contributed by atoms with Crippen molar-refractivity contribution in [3.8, 4) is 0 Å². The molecule has 0 aromatic carbocycles. The molecule has 1 heterocycles. The highest BCUT2D eigenvalue weighted by molar-refractivity contribution is 5.74. The molecule has 3 atom stereocenters. The molecule has 21 heavy (non-hydrogen) atoms. The summed E-state index contributed by atoms with van der Waals surface area (Å²) in [5, 5.41) is 21.8. The van der Waals surface area contributed by atoms with Crippen molar-refractivity contribution in [3.63, 3.8) is 0 Å². The first-order valence-corrected chi connectivity index (χ1v) is 8.25. The third kappa shape index (κ3) is 6.66. The molecule has 0 radical (unpaired) electrons. The van der Waals surface area contributed by atoms with Crippen LogP contribution in [-0.4, -0.2) is 53.5 Å². The Bertz CT molecular complexity index is 308. The summed E-state index contributed by atoms with van der Waals surface area (Å²) in [7, 11) is 0. The maximum atomic E-state index is 12.2. The summed E-state index contributed by atoms with van der Waals surface area (Å²) in [6.45, 7) is 8.30. The Kier molecular flexibility index (Phi) is 8.04. The predicted molar refractivity (Wildman–Crippen MR) is 84.0 cm³/mol. The van der Waals surface area contributed by atoms with Gasteiger partial charge in [0.2, 0.25) is 0 Å². The second-order valence-corrected chi connectivity index (χ2v) is 6.78. The van der Waals surface area contributed by atoms with Crippen molar-refractivity contribution in [3.05, 3.63) is 0 Å². The quantitative estimate of drug-likeness (QED) is 0.671. The van der Waals surface area contributed by atoms with Crippen LogP contribution >= 0.6 is 0 Å². The van der Waals surface area contributed by atoms with Crippen molar-refractivity contribution in [2.24, 2.45) is 17.8 Å². The Morgan fingerprint density at radius 3 is 2.67 bits per heavy atom. The van der Waals surface area contributed by atoms with Gasteiger partial charge in [0.05, 0.1) is 6.10 Å². The van der Waals surface area contributed by atoms with Crippen molar-refractivity contribution >= 4 is 6.03 Å². The summed E-state index contributed by atoms with van der Waals surface area (Å²) in [5.41, 5.74) is 0. The number of hydrogen-bond donors (Lipinski definition) is 3. The van der Waals surface area contributed by atoms with Crippen LogP contribution in [0.3, 0.4) is 0 Å². The molecule has 0 saturated carbocycles.